The molecule has 24 heavy (non-hydrogen) atoms. The molecule has 2 aromatic carbocycles. The van der Waals surface area contributed by atoms with Crippen LogP contribution >= 0.6 is 12.6 Å². The molecule has 1 aliphatic carbocycles. The molecule has 0 spiro atoms. The van der Waals surface area contributed by atoms with Crippen molar-refractivity contribution in [3.63, 3.8) is 0 Å². The number of anilines is 1. The van der Waals surface area contributed by atoms with Crippen molar-refractivity contribution in [2.75, 3.05) is 19.1 Å². The first kappa shape index (κ1) is 16.9. The van der Waals surface area contributed by atoms with Crippen molar-refractivity contribution >= 4 is 24.2 Å². The quantitative estimate of drug-likeness (QED) is 0.822. The number of nitrogens with two attached hydrogens (primary N) is 1. The Morgan fingerprint density at radius 2 is 2.04 bits per heavy atom. The summed E-state index contributed by atoms with van der Waals surface area (Å²) in [6.07, 6.45) is 0.669. The zero-order chi connectivity index (χ0) is 17.3. The highest BCUT2D eigenvalue weighted by molar-refractivity contribution is 7.79. The van der Waals surface area contributed by atoms with Crippen molar-refractivity contribution < 1.29 is 9.53 Å². The molecule has 5 heteroatoms. The Bertz CT molecular complexity index is 747. The molecule has 126 valence electrons. The third kappa shape index (κ3) is 3.01. The molecular weight excluding hydrogens is 320 g/mol. The largest absolute Gasteiger partial charge is 0.497 e. The molecule has 2 atom stereocenters. The Morgan fingerprint density at radius 1 is 1.33 bits per heavy atom. The molecular formula is C19H22N2O2S. The molecule has 0 radical (unpaired) electrons. The Kier molecular flexibility index (Phi) is 4.56. The van der Waals surface area contributed by atoms with Crippen LogP contribution in [-0.2, 0) is 10.5 Å². The summed E-state index contributed by atoms with van der Waals surface area (Å²) in [4.78, 5) is 14.5. The molecule has 2 unspecified atom stereocenters. The fraction of sp³-hybridized carbons (Fsp3) is 0.316. The lowest BCUT2D eigenvalue weighted by Gasteiger charge is -2.22. The predicted octanol–water partition coefficient (Wildman–Crippen LogP) is 2.97. The van der Waals surface area contributed by atoms with Gasteiger partial charge in [0.25, 0.3) is 0 Å². The maximum atomic E-state index is 12.9. The van der Waals surface area contributed by atoms with E-state index in [9.17, 15) is 4.79 Å². The second-order valence-electron chi connectivity index (χ2n) is 6.26. The number of rotatable bonds is 5. The molecule has 2 N–H and O–H groups in total. The molecule has 0 aromatic heterocycles. The minimum Gasteiger partial charge on any atom is -0.497 e. The Balaban J connectivity index is 1.76. The molecule has 4 nitrogen and oxygen atoms in total. The topological polar surface area (TPSA) is 55.6 Å². The maximum Gasteiger partial charge on any atom is 0.247 e. The number of hydrogen-bond acceptors (Lipinski definition) is 4. The summed E-state index contributed by atoms with van der Waals surface area (Å²) in [6.45, 7) is 0. The van der Waals surface area contributed by atoms with Crippen molar-refractivity contribution in [1.29, 1.82) is 0 Å². The average Bonchev–Trinajstić information content (AvgIpc) is 3.33. The van der Waals surface area contributed by atoms with Gasteiger partial charge in [-0.1, -0.05) is 24.3 Å². The van der Waals surface area contributed by atoms with Crippen LogP contribution in [0.2, 0.25) is 0 Å². The average molecular weight is 342 g/mol. The van der Waals surface area contributed by atoms with E-state index in [1.165, 1.54) is 0 Å². The number of likely N-dealkylation sites (N-methyl/N-ethyl adjacent to an activating group) is 1. The van der Waals surface area contributed by atoms with E-state index in [0.717, 1.165) is 22.6 Å². The van der Waals surface area contributed by atoms with Crippen LogP contribution in [0.25, 0.3) is 0 Å². The lowest BCUT2D eigenvalue weighted by Crippen LogP contribution is -2.45. The van der Waals surface area contributed by atoms with E-state index in [1.54, 1.807) is 19.1 Å². The van der Waals surface area contributed by atoms with Gasteiger partial charge in [0.05, 0.1) is 7.11 Å². The van der Waals surface area contributed by atoms with Crippen molar-refractivity contribution in [2.24, 2.45) is 5.73 Å². The van der Waals surface area contributed by atoms with Gasteiger partial charge in [0.1, 0.15) is 11.3 Å². The third-order valence-electron chi connectivity index (χ3n) is 4.70. The Hall–Kier alpha value is -1.98. The molecule has 2 aromatic rings. The van der Waals surface area contributed by atoms with Gasteiger partial charge in [-0.15, -0.1) is 0 Å². The molecule has 1 fully saturated rings. The van der Waals surface area contributed by atoms with Crippen molar-refractivity contribution in [2.45, 2.75) is 23.6 Å². The summed E-state index contributed by atoms with van der Waals surface area (Å²) in [7, 11) is 3.38. The first-order chi connectivity index (χ1) is 11.5. The monoisotopic (exact) mass is 342 g/mol. The SMILES string of the molecule is COc1ccc(N(C)C(=O)C2(N)CC2c2cccc(CS)c2)cc1. The van der Waals surface area contributed by atoms with Gasteiger partial charge in [-0.2, -0.15) is 12.6 Å². The molecule has 1 amide bonds. The number of nitrogens with zero attached hydrogens (tertiary/aromatic N) is 1. The normalized spacial score (nSPS) is 22.1. The van der Waals surface area contributed by atoms with Gasteiger partial charge in [0.2, 0.25) is 5.91 Å². The van der Waals surface area contributed by atoms with Crippen LogP contribution in [0.5, 0.6) is 5.75 Å². The summed E-state index contributed by atoms with van der Waals surface area (Å²) in [5, 5.41) is 0. The fourth-order valence-electron chi connectivity index (χ4n) is 3.07. The Labute approximate surface area is 148 Å². The lowest BCUT2D eigenvalue weighted by molar-refractivity contribution is -0.120. The minimum atomic E-state index is -0.829. The van der Waals surface area contributed by atoms with Crippen LogP contribution in [0.4, 0.5) is 5.69 Å². The van der Waals surface area contributed by atoms with Gasteiger partial charge in [0.15, 0.2) is 0 Å². The van der Waals surface area contributed by atoms with Gasteiger partial charge in [0, 0.05) is 24.4 Å². The van der Waals surface area contributed by atoms with E-state index in [4.69, 9.17) is 10.5 Å². The van der Waals surface area contributed by atoms with Crippen molar-refractivity contribution in [3.05, 3.63) is 59.7 Å². The van der Waals surface area contributed by atoms with E-state index in [2.05, 4.69) is 18.7 Å². The van der Waals surface area contributed by atoms with E-state index in [0.29, 0.717) is 12.2 Å². The van der Waals surface area contributed by atoms with E-state index < -0.39 is 5.54 Å². The number of amides is 1. The molecule has 1 saturated carbocycles. The van der Waals surface area contributed by atoms with Gasteiger partial charge < -0.3 is 15.4 Å². The summed E-state index contributed by atoms with van der Waals surface area (Å²) in [5.74, 6) is 1.44. The van der Waals surface area contributed by atoms with Gasteiger partial charge in [-0.25, -0.2) is 0 Å². The van der Waals surface area contributed by atoms with Crippen LogP contribution in [-0.4, -0.2) is 25.6 Å². The number of carbonyl (C=O) groups is 1. The smallest absolute Gasteiger partial charge is 0.247 e. The number of methoxy groups -OCH3 is 1. The maximum absolute atomic E-state index is 12.9. The minimum absolute atomic E-state index is 0.0607. The van der Waals surface area contributed by atoms with Gasteiger partial charge in [-0.05, 0) is 41.8 Å². The van der Waals surface area contributed by atoms with Crippen LogP contribution in [0, 0.1) is 0 Å². The first-order valence-electron chi connectivity index (χ1n) is 7.90. The summed E-state index contributed by atoms with van der Waals surface area (Å²) in [5.41, 5.74) is 8.65. The summed E-state index contributed by atoms with van der Waals surface area (Å²) < 4.78 is 5.15. The molecule has 0 heterocycles. The molecule has 0 bridgehead atoms. The van der Waals surface area contributed by atoms with Crippen LogP contribution in [0.1, 0.15) is 23.5 Å². The second kappa shape index (κ2) is 6.49. The zero-order valence-electron chi connectivity index (χ0n) is 13.9. The van der Waals surface area contributed by atoms with Gasteiger partial charge in [-0.3, -0.25) is 4.79 Å². The van der Waals surface area contributed by atoms with Crippen LogP contribution in [0.15, 0.2) is 48.5 Å². The third-order valence-corrected chi connectivity index (χ3v) is 5.07. The van der Waals surface area contributed by atoms with Crippen LogP contribution < -0.4 is 15.4 Å². The molecule has 0 saturated heterocycles. The summed E-state index contributed by atoms with van der Waals surface area (Å²) >= 11 is 4.31. The van der Waals surface area contributed by atoms with Crippen LogP contribution in [0.3, 0.4) is 0 Å². The number of hydrogen-bond donors (Lipinski definition) is 2. The standard InChI is InChI=1S/C19H22N2O2S/c1-21(15-6-8-16(23-2)9-7-15)18(22)19(20)11-17(19)14-5-3-4-13(10-14)12-24/h3-10,17,24H,11-12,20H2,1-2H3. The van der Waals surface area contributed by atoms with E-state index >= 15 is 0 Å². The second-order valence-corrected chi connectivity index (χ2v) is 6.58. The fourth-order valence-corrected chi connectivity index (χ4v) is 3.27. The molecule has 0 aliphatic heterocycles. The Morgan fingerprint density at radius 3 is 2.67 bits per heavy atom. The van der Waals surface area contributed by atoms with E-state index in [-0.39, 0.29) is 11.8 Å². The highest BCUT2D eigenvalue weighted by Crippen LogP contribution is 2.51. The highest BCUT2D eigenvalue weighted by atomic mass is 32.1. The molecule has 1 aliphatic rings. The first-order valence-corrected chi connectivity index (χ1v) is 8.53. The summed E-state index contributed by atoms with van der Waals surface area (Å²) in [6, 6.07) is 15.5. The zero-order valence-corrected chi connectivity index (χ0v) is 14.8. The number of ether oxygens (including phenoxy) is 1. The number of benzene rings is 2. The van der Waals surface area contributed by atoms with Gasteiger partial charge >= 0.3 is 0 Å². The molecule has 3 rings (SSSR count). The van der Waals surface area contributed by atoms with E-state index in [1.807, 2.05) is 42.5 Å². The van der Waals surface area contributed by atoms with Crippen molar-refractivity contribution in [3.8, 4) is 5.75 Å². The lowest BCUT2D eigenvalue weighted by atomic mass is 10.0. The highest BCUT2D eigenvalue weighted by Gasteiger charge is 2.58. The van der Waals surface area contributed by atoms with Crippen molar-refractivity contribution in [1.82, 2.24) is 0 Å². The number of thiol groups is 1. The predicted molar refractivity (Wildman–Crippen MR) is 99.8 cm³/mol. The number of carbonyl (C=O) groups excluding carboxylic acids is 1.